The van der Waals surface area contributed by atoms with Crippen molar-refractivity contribution < 1.29 is 4.79 Å². The number of anilines is 1. The second-order valence-corrected chi connectivity index (χ2v) is 5.25. The number of ketones is 1. The van der Waals surface area contributed by atoms with E-state index in [2.05, 4.69) is 31.9 Å². The van der Waals surface area contributed by atoms with E-state index in [1.807, 2.05) is 12.1 Å². The molecule has 2 nitrogen and oxygen atoms in total. The summed E-state index contributed by atoms with van der Waals surface area (Å²) in [6.07, 6.45) is 0. The molecule has 0 saturated heterocycles. The first-order valence-corrected chi connectivity index (χ1v) is 6.52. The Bertz CT molecular complexity index is 564. The first-order chi connectivity index (χ1) is 8.09. The molecule has 2 N–H and O–H groups in total. The third kappa shape index (κ3) is 2.58. The standard InChI is InChI=1S/C13H9Br2NO/c14-9-6-4-8(5-7-9)13(17)10-2-1-3-11(16)12(10)15/h1-7H,16H2. The summed E-state index contributed by atoms with van der Waals surface area (Å²) in [5.41, 5.74) is 7.53. The van der Waals surface area contributed by atoms with Crippen LogP contribution >= 0.6 is 31.9 Å². The molecule has 0 amide bonds. The average Bonchev–Trinajstić information content (AvgIpc) is 2.33. The van der Waals surface area contributed by atoms with Crippen LogP contribution in [0.3, 0.4) is 0 Å². The molecule has 0 aliphatic rings. The summed E-state index contributed by atoms with van der Waals surface area (Å²) >= 11 is 6.67. The number of halogens is 2. The summed E-state index contributed by atoms with van der Waals surface area (Å²) in [6, 6.07) is 12.5. The number of carbonyl (C=O) groups excluding carboxylic acids is 1. The van der Waals surface area contributed by atoms with Gasteiger partial charge in [-0.1, -0.05) is 22.0 Å². The molecule has 0 saturated carbocycles. The zero-order valence-electron chi connectivity index (χ0n) is 8.78. The number of carbonyl (C=O) groups is 1. The Hall–Kier alpha value is -1.13. The van der Waals surface area contributed by atoms with Crippen molar-refractivity contribution in [3.8, 4) is 0 Å². The summed E-state index contributed by atoms with van der Waals surface area (Å²) in [5.74, 6) is -0.0447. The minimum Gasteiger partial charge on any atom is -0.398 e. The molecular formula is C13H9Br2NO. The molecule has 0 bridgehead atoms. The molecule has 0 heterocycles. The van der Waals surface area contributed by atoms with Gasteiger partial charge in [0, 0.05) is 21.3 Å². The Labute approximate surface area is 116 Å². The number of hydrogen-bond donors (Lipinski definition) is 1. The maximum Gasteiger partial charge on any atom is 0.194 e. The van der Waals surface area contributed by atoms with E-state index in [1.165, 1.54) is 0 Å². The van der Waals surface area contributed by atoms with Crippen LogP contribution in [0, 0.1) is 0 Å². The summed E-state index contributed by atoms with van der Waals surface area (Å²) in [5, 5.41) is 0. The highest BCUT2D eigenvalue weighted by Gasteiger charge is 2.13. The second kappa shape index (κ2) is 5.02. The molecule has 0 unspecified atom stereocenters. The predicted molar refractivity (Wildman–Crippen MR) is 76.1 cm³/mol. The van der Waals surface area contributed by atoms with Crippen molar-refractivity contribution in [2.45, 2.75) is 0 Å². The van der Waals surface area contributed by atoms with Gasteiger partial charge in [0.1, 0.15) is 0 Å². The maximum absolute atomic E-state index is 12.2. The van der Waals surface area contributed by atoms with E-state index in [-0.39, 0.29) is 5.78 Å². The van der Waals surface area contributed by atoms with E-state index < -0.39 is 0 Å². The lowest BCUT2D eigenvalue weighted by Crippen LogP contribution is -2.03. The monoisotopic (exact) mass is 353 g/mol. The van der Waals surface area contributed by atoms with Crippen LogP contribution in [0.1, 0.15) is 15.9 Å². The first-order valence-electron chi connectivity index (χ1n) is 4.94. The van der Waals surface area contributed by atoms with E-state index in [1.54, 1.807) is 30.3 Å². The Balaban J connectivity index is 2.44. The topological polar surface area (TPSA) is 43.1 Å². The summed E-state index contributed by atoms with van der Waals surface area (Å²) < 4.78 is 1.59. The van der Waals surface area contributed by atoms with Gasteiger partial charge in [-0.15, -0.1) is 0 Å². The fourth-order valence-corrected chi connectivity index (χ4v) is 2.19. The van der Waals surface area contributed by atoms with Crippen molar-refractivity contribution in [3.63, 3.8) is 0 Å². The lowest BCUT2D eigenvalue weighted by atomic mass is 10.0. The van der Waals surface area contributed by atoms with Crippen LogP contribution in [-0.4, -0.2) is 5.78 Å². The van der Waals surface area contributed by atoms with Crippen LogP contribution < -0.4 is 5.73 Å². The molecule has 0 atom stereocenters. The predicted octanol–water partition coefficient (Wildman–Crippen LogP) is 4.02. The number of hydrogen-bond acceptors (Lipinski definition) is 2. The lowest BCUT2D eigenvalue weighted by molar-refractivity contribution is 0.103. The van der Waals surface area contributed by atoms with E-state index >= 15 is 0 Å². The van der Waals surface area contributed by atoms with Crippen molar-refractivity contribution in [1.82, 2.24) is 0 Å². The normalized spacial score (nSPS) is 10.2. The first kappa shape index (κ1) is 12.3. The molecule has 0 aliphatic heterocycles. The van der Waals surface area contributed by atoms with Gasteiger partial charge in [0.2, 0.25) is 0 Å². The molecule has 2 aromatic rings. The lowest BCUT2D eigenvalue weighted by Gasteiger charge is -2.06. The van der Waals surface area contributed by atoms with Crippen molar-refractivity contribution in [2.24, 2.45) is 0 Å². The van der Waals surface area contributed by atoms with Gasteiger partial charge >= 0.3 is 0 Å². The Morgan fingerprint density at radius 1 is 1.00 bits per heavy atom. The molecule has 86 valence electrons. The van der Waals surface area contributed by atoms with Gasteiger partial charge < -0.3 is 5.73 Å². The molecule has 2 aromatic carbocycles. The zero-order chi connectivity index (χ0) is 12.4. The highest BCUT2D eigenvalue weighted by atomic mass is 79.9. The quantitative estimate of drug-likeness (QED) is 0.653. The van der Waals surface area contributed by atoms with Gasteiger partial charge in [0.05, 0.1) is 4.47 Å². The molecule has 0 aliphatic carbocycles. The SMILES string of the molecule is Nc1cccc(C(=O)c2ccc(Br)cc2)c1Br. The molecular weight excluding hydrogens is 346 g/mol. The van der Waals surface area contributed by atoms with Gasteiger partial charge in [-0.05, 0) is 52.3 Å². The largest absolute Gasteiger partial charge is 0.398 e. The second-order valence-electron chi connectivity index (χ2n) is 3.54. The fraction of sp³-hybridized carbons (Fsp3) is 0. The van der Waals surface area contributed by atoms with Crippen LogP contribution in [0.15, 0.2) is 51.4 Å². The number of rotatable bonds is 2. The summed E-state index contributed by atoms with van der Waals surface area (Å²) in [7, 11) is 0. The van der Waals surface area contributed by atoms with E-state index in [0.717, 1.165) is 4.47 Å². The molecule has 4 heteroatoms. The van der Waals surface area contributed by atoms with Crippen LogP contribution in [0.2, 0.25) is 0 Å². The Kier molecular flexibility index (Phi) is 3.64. The van der Waals surface area contributed by atoms with Crippen molar-refractivity contribution in [3.05, 3.63) is 62.5 Å². The molecule has 0 spiro atoms. The molecule has 0 radical (unpaired) electrons. The number of nitrogen functional groups attached to an aromatic ring is 1. The van der Waals surface area contributed by atoms with Gasteiger partial charge in [-0.2, -0.15) is 0 Å². The zero-order valence-corrected chi connectivity index (χ0v) is 12.0. The average molecular weight is 355 g/mol. The van der Waals surface area contributed by atoms with Crippen LogP contribution in [0.5, 0.6) is 0 Å². The fourth-order valence-electron chi connectivity index (χ4n) is 1.48. The number of nitrogens with two attached hydrogens (primary N) is 1. The van der Waals surface area contributed by atoms with Crippen molar-refractivity contribution >= 4 is 43.3 Å². The van der Waals surface area contributed by atoms with Crippen molar-refractivity contribution in [1.29, 1.82) is 0 Å². The summed E-state index contributed by atoms with van der Waals surface area (Å²) in [4.78, 5) is 12.2. The molecule has 2 rings (SSSR count). The van der Waals surface area contributed by atoms with Crippen molar-refractivity contribution in [2.75, 3.05) is 5.73 Å². The highest BCUT2D eigenvalue weighted by molar-refractivity contribution is 9.11. The Morgan fingerprint density at radius 2 is 1.65 bits per heavy atom. The van der Waals surface area contributed by atoms with Crippen LogP contribution in [0.4, 0.5) is 5.69 Å². The van der Waals surface area contributed by atoms with E-state index in [9.17, 15) is 4.79 Å². The summed E-state index contributed by atoms with van der Waals surface area (Å²) in [6.45, 7) is 0. The van der Waals surface area contributed by atoms with Gasteiger partial charge in [0.15, 0.2) is 5.78 Å². The third-order valence-electron chi connectivity index (χ3n) is 2.38. The van der Waals surface area contributed by atoms with Gasteiger partial charge in [-0.25, -0.2) is 0 Å². The maximum atomic E-state index is 12.2. The molecule has 0 fully saturated rings. The van der Waals surface area contributed by atoms with E-state index in [4.69, 9.17) is 5.73 Å². The number of benzene rings is 2. The van der Waals surface area contributed by atoms with E-state index in [0.29, 0.717) is 21.3 Å². The Morgan fingerprint density at radius 3 is 2.29 bits per heavy atom. The van der Waals surface area contributed by atoms with Gasteiger partial charge in [-0.3, -0.25) is 4.79 Å². The van der Waals surface area contributed by atoms with Crippen LogP contribution in [0.25, 0.3) is 0 Å². The van der Waals surface area contributed by atoms with Gasteiger partial charge in [0.25, 0.3) is 0 Å². The minimum atomic E-state index is -0.0447. The molecule has 0 aromatic heterocycles. The third-order valence-corrected chi connectivity index (χ3v) is 3.79. The highest BCUT2D eigenvalue weighted by Crippen LogP contribution is 2.26. The smallest absolute Gasteiger partial charge is 0.194 e. The van der Waals surface area contributed by atoms with Crippen LogP contribution in [-0.2, 0) is 0 Å². The minimum absolute atomic E-state index is 0.0447. The molecule has 17 heavy (non-hydrogen) atoms.